The average Bonchev–Trinajstić information content (AvgIpc) is 3.51. The largest absolute Gasteiger partial charge is 0.310 e. The third kappa shape index (κ3) is 3.54. The molecule has 186 valence electrons. The van der Waals surface area contributed by atoms with Crippen molar-refractivity contribution in [3.05, 3.63) is 149 Å². The molecule has 0 saturated heterocycles. The van der Waals surface area contributed by atoms with Crippen LogP contribution in [0.1, 0.15) is 33.4 Å². The molecule has 0 saturated carbocycles. The molecule has 0 radical (unpaired) electrons. The van der Waals surface area contributed by atoms with Gasteiger partial charge in [0.15, 0.2) is 0 Å². The van der Waals surface area contributed by atoms with Gasteiger partial charge in [0.2, 0.25) is 0 Å². The number of nitrogens with zero attached hydrogens (tertiary/aromatic N) is 1. The molecule has 1 heteroatoms. The molecule has 0 atom stereocenters. The van der Waals surface area contributed by atoms with E-state index in [1.165, 1.54) is 83.5 Å². The van der Waals surface area contributed by atoms with Crippen LogP contribution in [0.25, 0.3) is 33.0 Å². The Bertz CT molecular complexity index is 1860. The second-order valence-corrected chi connectivity index (χ2v) is 11.2. The Hall–Kier alpha value is -4.62. The molecule has 6 aromatic rings. The van der Waals surface area contributed by atoms with Crippen molar-refractivity contribution in [1.82, 2.24) is 0 Å². The molecule has 0 N–H and O–H groups in total. The molecule has 0 spiro atoms. The van der Waals surface area contributed by atoms with Crippen LogP contribution in [0.5, 0.6) is 0 Å². The third-order valence-corrected chi connectivity index (χ3v) is 8.60. The van der Waals surface area contributed by atoms with E-state index in [4.69, 9.17) is 0 Å². The second kappa shape index (κ2) is 8.44. The van der Waals surface area contributed by atoms with Crippen molar-refractivity contribution in [2.45, 2.75) is 26.7 Å². The van der Waals surface area contributed by atoms with Crippen molar-refractivity contribution in [3.8, 4) is 22.3 Å². The Kier molecular flexibility index (Phi) is 4.84. The lowest BCUT2D eigenvalue weighted by atomic mass is 9.95. The van der Waals surface area contributed by atoms with E-state index in [9.17, 15) is 0 Å². The Morgan fingerprint density at radius 1 is 0.462 bits per heavy atom. The predicted octanol–water partition coefficient (Wildman–Crippen LogP) is 10.1. The number of hydrogen-bond acceptors (Lipinski definition) is 1. The zero-order chi connectivity index (χ0) is 26.1. The van der Waals surface area contributed by atoms with E-state index in [1.807, 2.05) is 0 Å². The third-order valence-electron chi connectivity index (χ3n) is 8.60. The summed E-state index contributed by atoms with van der Waals surface area (Å²) in [5.74, 6) is 0. The van der Waals surface area contributed by atoms with Crippen molar-refractivity contribution in [3.63, 3.8) is 0 Å². The summed E-state index contributed by atoms with van der Waals surface area (Å²) in [5.41, 5.74) is 17.5. The van der Waals surface area contributed by atoms with Crippen molar-refractivity contribution in [2.75, 3.05) is 4.90 Å². The topological polar surface area (TPSA) is 3.24 Å². The van der Waals surface area contributed by atoms with Crippen molar-refractivity contribution in [2.24, 2.45) is 0 Å². The van der Waals surface area contributed by atoms with Crippen molar-refractivity contribution in [1.29, 1.82) is 0 Å². The fourth-order valence-corrected chi connectivity index (χ4v) is 6.62. The molecule has 0 aromatic heterocycles. The standard InChI is InChI=1S/C38H29N/c1-24-7-13-31(14-8-24)39(32-15-9-25(2)10-16-32)33-17-18-34-28(21-33)20-29-23-37-30(22-36(29)34)19-27-12-11-26-5-3-4-6-35(26)38(27)37/h3-18,21-23H,19-20H2,1-2H3. The summed E-state index contributed by atoms with van der Waals surface area (Å²) in [6.07, 6.45) is 1.99. The summed E-state index contributed by atoms with van der Waals surface area (Å²) in [7, 11) is 0. The first-order chi connectivity index (χ1) is 19.1. The quantitative estimate of drug-likeness (QED) is 0.234. The molecule has 0 fully saturated rings. The first kappa shape index (κ1) is 22.4. The number of hydrogen-bond donors (Lipinski definition) is 0. The van der Waals surface area contributed by atoms with Gasteiger partial charge in [-0.15, -0.1) is 0 Å². The van der Waals surface area contributed by atoms with E-state index < -0.39 is 0 Å². The second-order valence-electron chi connectivity index (χ2n) is 11.2. The van der Waals surface area contributed by atoms with Gasteiger partial charge in [-0.25, -0.2) is 0 Å². The fourth-order valence-electron chi connectivity index (χ4n) is 6.62. The summed E-state index contributed by atoms with van der Waals surface area (Å²) in [6, 6.07) is 43.1. The molecule has 8 rings (SSSR count). The lowest BCUT2D eigenvalue weighted by Crippen LogP contribution is -2.10. The maximum absolute atomic E-state index is 2.49. The summed E-state index contributed by atoms with van der Waals surface area (Å²) < 4.78 is 0. The molecule has 0 heterocycles. The predicted molar refractivity (Wildman–Crippen MR) is 165 cm³/mol. The van der Waals surface area contributed by atoms with E-state index in [-0.39, 0.29) is 0 Å². The Morgan fingerprint density at radius 3 is 1.79 bits per heavy atom. The van der Waals surface area contributed by atoms with Gasteiger partial charge in [0.05, 0.1) is 0 Å². The minimum atomic E-state index is 0.974. The summed E-state index contributed by atoms with van der Waals surface area (Å²) in [5, 5.41) is 2.70. The van der Waals surface area contributed by atoms with Gasteiger partial charge in [0.1, 0.15) is 0 Å². The highest BCUT2D eigenvalue weighted by atomic mass is 15.1. The van der Waals surface area contributed by atoms with E-state index >= 15 is 0 Å². The number of benzene rings is 6. The van der Waals surface area contributed by atoms with Crippen LogP contribution in [0.4, 0.5) is 17.1 Å². The maximum atomic E-state index is 2.49. The number of rotatable bonds is 3. The summed E-state index contributed by atoms with van der Waals surface area (Å²) >= 11 is 0. The average molecular weight is 500 g/mol. The Labute approximate surface area is 230 Å². The van der Waals surface area contributed by atoms with Gasteiger partial charge >= 0.3 is 0 Å². The van der Waals surface area contributed by atoms with Gasteiger partial charge in [0, 0.05) is 17.1 Å². The molecule has 0 amide bonds. The lowest BCUT2D eigenvalue weighted by molar-refractivity contribution is 1.22. The molecule has 0 bridgehead atoms. The summed E-state index contributed by atoms with van der Waals surface area (Å²) in [6.45, 7) is 4.29. The Morgan fingerprint density at radius 2 is 1.05 bits per heavy atom. The smallest absolute Gasteiger partial charge is 0.0464 e. The van der Waals surface area contributed by atoms with Gasteiger partial charge < -0.3 is 4.90 Å². The first-order valence-corrected chi connectivity index (χ1v) is 13.9. The van der Waals surface area contributed by atoms with Crippen LogP contribution in [-0.4, -0.2) is 0 Å². The van der Waals surface area contributed by atoms with Gasteiger partial charge in [-0.1, -0.05) is 77.9 Å². The normalized spacial score (nSPS) is 12.7. The highest BCUT2D eigenvalue weighted by molar-refractivity contribution is 6.02. The molecular formula is C38H29N. The minimum absolute atomic E-state index is 0.974. The highest BCUT2D eigenvalue weighted by Crippen LogP contribution is 2.48. The Balaban J connectivity index is 1.22. The maximum Gasteiger partial charge on any atom is 0.0464 e. The fraction of sp³-hybridized carbons (Fsp3) is 0.105. The first-order valence-electron chi connectivity index (χ1n) is 13.9. The van der Waals surface area contributed by atoms with E-state index in [0.717, 1.165) is 12.8 Å². The number of anilines is 3. The molecule has 0 unspecified atom stereocenters. The SMILES string of the molecule is Cc1ccc(N(c2ccc(C)cc2)c2ccc3c(c2)Cc2cc4c(cc2-3)Cc2ccc3ccccc3c2-4)cc1. The minimum Gasteiger partial charge on any atom is -0.310 e. The zero-order valence-electron chi connectivity index (χ0n) is 22.3. The van der Waals surface area contributed by atoms with Crippen molar-refractivity contribution < 1.29 is 0 Å². The molecule has 2 aliphatic rings. The monoisotopic (exact) mass is 499 g/mol. The van der Waals surface area contributed by atoms with Crippen LogP contribution in [-0.2, 0) is 12.8 Å². The summed E-state index contributed by atoms with van der Waals surface area (Å²) in [4.78, 5) is 2.38. The number of aryl methyl sites for hydroxylation is 2. The molecule has 0 aliphatic heterocycles. The molecule has 1 nitrogen and oxygen atoms in total. The van der Waals surface area contributed by atoms with Crippen LogP contribution in [0.2, 0.25) is 0 Å². The van der Waals surface area contributed by atoms with Crippen LogP contribution >= 0.6 is 0 Å². The van der Waals surface area contributed by atoms with Crippen LogP contribution in [0.3, 0.4) is 0 Å². The van der Waals surface area contributed by atoms with Gasteiger partial charge in [-0.05, 0) is 131 Å². The van der Waals surface area contributed by atoms with Crippen molar-refractivity contribution >= 4 is 27.8 Å². The van der Waals surface area contributed by atoms with Gasteiger partial charge in [-0.2, -0.15) is 0 Å². The van der Waals surface area contributed by atoms with Crippen LogP contribution < -0.4 is 4.90 Å². The van der Waals surface area contributed by atoms with Crippen LogP contribution in [0, 0.1) is 13.8 Å². The van der Waals surface area contributed by atoms with E-state index in [1.54, 1.807) is 0 Å². The number of fused-ring (bicyclic) bond motifs is 8. The molecule has 2 aliphatic carbocycles. The highest BCUT2D eigenvalue weighted by Gasteiger charge is 2.27. The molecular weight excluding hydrogens is 470 g/mol. The molecule has 39 heavy (non-hydrogen) atoms. The van der Waals surface area contributed by atoms with Crippen LogP contribution in [0.15, 0.2) is 115 Å². The van der Waals surface area contributed by atoms with Gasteiger partial charge in [-0.3, -0.25) is 0 Å². The van der Waals surface area contributed by atoms with E-state index in [0.29, 0.717) is 0 Å². The molecule has 6 aromatic carbocycles. The zero-order valence-corrected chi connectivity index (χ0v) is 22.3. The van der Waals surface area contributed by atoms with Gasteiger partial charge in [0.25, 0.3) is 0 Å². The lowest BCUT2D eigenvalue weighted by Gasteiger charge is -2.26. The van der Waals surface area contributed by atoms with E-state index in [2.05, 4.69) is 134 Å².